The van der Waals surface area contributed by atoms with Crippen molar-refractivity contribution in [2.24, 2.45) is 5.73 Å². The van der Waals surface area contributed by atoms with Gasteiger partial charge in [0.25, 0.3) is 0 Å². The Hall–Kier alpha value is -1.72. The molecule has 0 aromatic rings. The summed E-state index contributed by atoms with van der Waals surface area (Å²) in [6, 6.07) is 0. The molecule has 0 unspecified atom stereocenters. The molecule has 0 spiro atoms. The Balaban J connectivity index is 4.01. The molecule has 0 fully saturated rings. The van der Waals surface area contributed by atoms with Crippen molar-refractivity contribution in [3.63, 3.8) is 0 Å². The number of ether oxygens (including phenoxy) is 2. The molecule has 6 nitrogen and oxygen atoms in total. The molecule has 0 aromatic heterocycles. The van der Waals surface area contributed by atoms with E-state index in [-0.39, 0.29) is 6.09 Å². The molecule has 0 bridgehead atoms. The van der Waals surface area contributed by atoms with Crippen LogP contribution in [0, 0.1) is 0 Å². The van der Waals surface area contributed by atoms with E-state index in [1.807, 2.05) is 20.8 Å². The SMILES string of the molecule is C[NH+]=C(/C=C(/C)N)OCCCN(C)C(=O)OC(C)(C)C. The number of hydrogen-bond acceptors (Lipinski definition) is 4. The van der Waals surface area contributed by atoms with Crippen LogP contribution in [0.15, 0.2) is 11.8 Å². The lowest BCUT2D eigenvalue weighted by atomic mass is 10.2. The Kier molecular flexibility index (Phi) is 7.72. The van der Waals surface area contributed by atoms with Gasteiger partial charge in [0.2, 0.25) is 0 Å². The van der Waals surface area contributed by atoms with Gasteiger partial charge in [-0.2, -0.15) is 0 Å². The summed E-state index contributed by atoms with van der Waals surface area (Å²) in [6.45, 7) is 8.38. The summed E-state index contributed by atoms with van der Waals surface area (Å²) in [5.74, 6) is 0.616. The van der Waals surface area contributed by atoms with Crippen LogP contribution in [-0.4, -0.2) is 49.7 Å². The third kappa shape index (κ3) is 9.24. The molecule has 0 aliphatic heterocycles. The zero-order valence-electron chi connectivity index (χ0n) is 13.4. The van der Waals surface area contributed by atoms with Gasteiger partial charge in [-0.25, -0.2) is 9.79 Å². The molecular weight excluding hydrogens is 258 g/mol. The molecule has 0 aromatic carbocycles. The van der Waals surface area contributed by atoms with Crippen molar-refractivity contribution >= 4 is 12.0 Å². The molecule has 0 radical (unpaired) electrons. The van der Waals surface area contributed by atoms with Crippen LogP contribution in [0.4, 0.5) is 4.79 Å². The molecule has 0 aliphatic carbocycles. The minimum Gasteiger partial charge on any atom is -0.445 e. The first kappa shape index (κ1) is 18.3. The number of nitrogens with two attached hydrogens (primary N) is 1. The van der Waals surface area contributed by atoms with E-state index in [1.54, 1.807) is 27.1 Å². The zero-order valence-corrected chi connectivity index (χ0v) is 13.4. The normalized spacial score (nSPS) is 13.1. The van der Waals surface area contributed by atoms with Crippen LogP contribution in [0.1, 0.15) is 34.1 Å². The van der Waals surface area contributed by atoms with Crippen molar-refractivity contribution in [2.75, 3.05) is 27.2 Å². The quantitative estimate of drug-likeness (QED) is 0.431. The van der Waals surface area contributed by atoms with Gasteiger partial charge in [0.05, 0.1) is 12.7 Å². The highest BCUT2D eigenvalue weighted by Gasteiger charge is 2.19. The van der Waals surface area contributed by atoms with Crippen molar-refractivity contribution < 1.29 is 19.3 Å². The summed E-state index contributed by atoms with van der Waals surface area (Å²) in [6.07, 6.45) is 2.10. The van der Waals surface area contributed by atoms with Gasteiger partial charge in [0.15, 0.2) is 0 Å². The van der Waals surface area contributed by atoms with E-state index < -0.39 is 5.60 Å². The van der Waals surface area contributed by atoms with Gasteiger partial charge in [-0.05, 0) is 34.1 Å². The minimum atomic E-state index is -0.474. The van der Waals surface area contributed by atoms with Crippen LogP contribution in [0.3, 0.4) is 0 Å². The Morgan fingerprint density at radius 3 is 2.45 bits per heavy atom. The first-order valence-corrected chi connectivity index (χ1v) is 6.71. The van der Waals surface area contributed by atoms with E-state index in [0.29, 0.717) is 31.2 Å². The molecule has 116 valence electrons. The van der Waals surface area contributed by atoms with Crippen LogP contribution in [0.2, 0.25) is 0 Å². The Morgan fingerprint density at radius 2 is 2.00 bits per heavy atom. The van der Waals surface area contributed by atoms with Gasteiger partial charge in [-0.1, -0.05) is 0 Å². The first-order valence-electron chi connectivity index (χ1n) is 6.71. The summed E-state index contributed by atoms with van der Waals surface area (Å²) < 4.78 is 10.8. The summed E-state index contributed by atoms with van der Waals surface area (Å²) in [5, 5.41) is 0. The van der Waals surface area contributed by atoms with Gasteiger partial charge >= 0.3 is 12.0 Å². The van der Waals surface area contributed by atoms with Gasteiger partial charge in [-0.3, -0.25) is 0 Å². The van der Waals surface area contributed by atoms with Crippen molar-refractivity contribution in [3.8, 4) is 0 Å². The van der Waals surface area contributed by atoms with Crippen LogP contribution < -0.4 is 10.7 Å². The van der Waals surface area contributed by atoms with Crippen LogP contribution >= 0.6 is 0 Å². The van der Waals surface area contributed by atoms with Crippen molar-refractivity contribution in [1.82, 2.24) is 4.90 Å². The standard InChI is InChI=1S/C14H27N3O3/c1-11(15)10-12(16-5)19-9-7-8-17(6)13(18)20-14(2,3)4/h10H,7-9,15H2,1-6H3/p+1/b11-10-,16-12?. The van der Waals surface area contributed by atoms with Crippen LogP contribution in [0.5, 0.6) is 0 Å². The molecule has 0 atom stereocenters. The highest BCUT2D eigenvalue weighted by molar-refractivity contribution is 5.82. The number of rotatable bonds is 5. The Labute approximate surface area is 121 Å². The lowest BCUT2D eigenvalue weighted by molar-refractivity contribution is -0.430. The number of allylic oxidation sites excluding steroid dienone is 1. The van der Waals surface area contributed by atoms with E-state index >= 15 is 0 Å². The molecule has 1 amide bonds. The molecule has 20 heavy (non-hydrogen) atoms. The molecular formula is C14H28N3O3+. The van der Waals surface area contributed by atoms with Crippen molar-refractivity contribution in [1.29, 1.82) is 0 Å². The lowest BCUT2D eigenvalue weighted by Gasteiger charge is -2.24. The lowest BCUT2D eigenvalue weighted by Crippen LogP contribution is -2.68. The maximum Gasteiger partial charge on any atom is 0.410 e. The number of hydrogen-bond donors (Lipinski definition) is 2. The molecule has 0 saturated carbocycles. The smallest absolute Gasteiger partial charge is 0.410 e. The van der Waals surface area contributed by atoms with Crippen LogP contribution in [-0.2, 0) is 9.47 Å². The van der Waals surface area contributed by atoms with Crippen LogP contribution in [0.25, 0.3) is 0 Å². The van der Waals surface area contributed by atoms with Gasteiger partial charge in [-0.15, -0.1) is 0 Å². The monoisotopic (exact) mass is 286 g/mol. The second kappa shape index (κ2) is 8.45. The molecule has 0 heterocycles. The molecule has 0 rings (SSSR count). The molecule has 3 N–H and O–H groups in total. The second-order valence-electron chi connectivity index (χ2n) is 5.61. The number of nitrogens with one attached hydrogen (secondary N) is 1. The summed E-state index contributed by atoms with van der Waals surface area (Å²) >= 11 is 0. The third-order valence-corrected chi connectivity index (χ3v) is 2.21. The zero-order chi connectivity index (χ0) is 15.8. The fourth-order valence-electron chi connectivity index (χ4n) is 1.31. The van der Waals surface area contributed by atoms with Gasteiger partial charge < -0.3 is 20.1 Å². The third-order valence-electron chi connectivity index (χ3n) is 2.21. The highest BCUT2D eigenvalue weighted by Crippen LogP contribution is 2.09. The van der Waals surface area contributed by atoms with E-state index in [1.165, 1.54) is 4.90 Å². The molecule has 0 aliphatic rings. The minimum absolute atomic E-state index is 0.326. The maximum absolute atomic E-state index is 11.7. The predicted octanol–water partition coefficient (Wildman–Crippen LogP) is 0.231. The number of carbonyl (C=O) groups excluding carboxylic acids is 1. The van der Waals surface area contributed by atoms with Gasteiger partial charge in [0.1, 0.15) is 12.6 Å². The first-order chi connectivity index (χ1) is 9.15. The Morgan fingerprint density at radius 1 is 1.40 bits per heavy atom. The van der Waals surface area contributed by atoms with Gasteiger partial charge in [0, 0.05) is 19.3 Å². The predicted molar refractivity (Wildman–Crippen MR) is 79.3 cm³/mol. The largest absolute Gasteiger partial charge is 0.445 e. The highest BCUT2D eigenvalue weighted by atomic mass is 16.6. The summed E-state index contributed by atoms with van der Waals surface area (Å²) in [5.41, 5.74) is 5.76. The topological polar surface area (TPSA) is 78.8 Å². The second-order valence-corrected chi connectivity index (χ2v) is 5.61. The Bertz CT molecular complexity index is 366. The van der Waals surface area contributed by atoms with E-state index in [2.05, 4.69) is 4.99 Å². The van der Waals surface area contributed by atoms with E-state index in [0.717, 1.165) is 0 Å². The number of nitrogens with zero attached hydrogens (tertiary/aromatic N) is 1. The summed E-state index contributed by atoms with van der Waals surface area (Å²) in [7, 11) is 3.47. The fourth-order valence-corrected chi connectivity index (χ4v) is 1.31. The van der Waals surface area contributed by atoms with Crippen molar-refractivity contribution in [2.45, 2.75) is 39.7 Å². The molecule has 0 saturated heterocycles. The van der Waals surface area contributed by atoms with Crippen molar-refractivity contribution in [3.05, 3.63) is 11.8 Å². The number of amides is 1. The number of carbonyl (C=O) groups is 1. The molecule has 6 heteroatoms. The average molecular weight is 286 g/mol. The summed E-state index contributed by atoms with van der Waals surface area (Å²) in [4.78, 5) is 16.2. The fraction of sp³-hybridized carbons (Fsp3) is 0.714. The maximum atomic E-state index is 11.7. The van der Waals surface area contributed by atoms with E-state index in [9.17, 15) is 4.79 Å². The van der Waals surface area contributed by atoms with E-state index in [4.69, 9.17) is 15.2 Å². The average Bonchev–Trinajstić information content (AvgIpc) is 2.29.